The van der Waals surface area contributed by atoms with Crippen LogP contribution in [0.2, 0.25) is 0 Å². The Morgan fingerprint density at radius 3 is 2.15 bits per heavy atom. The topological polar surface area (TPSA) is 50.5 Å². The monoisotopic (exact) mass is 549 g/mol. The van der Waals surface area contributed by atoms with Crippen LogP contribution in [-0.2, 0) is 0 Å². The number of nitrogens with one attached hydrogen (secondary N) is 1. The lowest BCUT2D eigenvalue weighted by atomic mass is 10.0. The van der Waals surface area contributed by atoms with Gasteiger partial charge in [-0.25, -0.2) is 0 Å². The lowest BCUT2D eigenvalue weighted by Crippen LogP contribution is -2.29. The van der Waals surface area contributed by atoms with E-state index < -0.39 is 0 Å². The van der Waals surface area contributed by atoms with Gasteiger partial charge in [0.2, 0.25) is 0 Å². The minimum absolute atomic E-state index is 0.175. The molecule has 6 rings (SSSR count). The molecule has 5 nitrogen and oxygen atoms in total. The summed E-state index contributed by atoms with van der Waals surface area (Å²) in [4.78, 5) is 7.86. The predicted molar refractivity (Wildman–Crippen MR) is 160 cm³/mol. The van der Waals surface area contributed by atoms with Crippen LogP contribution in [0.3, 0.4) is 0 Å². The third-order valence-electron chi connectivity index (χ3n) is 6.60. The summed E-state index contributed by atoms with van der Waals surface area (Å²) in [5, 5.41) is 4.93. The van der Waals surface area contributed by atoms with Crippen LogP contribution >= 0.6 is 24.0 Å². The molecule has 39 heavy (non-hydrogen) atoms. The summed E-state index contributed by atoms with van der Waals surface area (Å²) >= 11 is 7.46. The fourth-order valence-corrected chi connectivity index (χ4v) is 5.73. The minimum Gasteiger partial charge on any atom is -0.457 e. The Morgan fingerprint density at radius 1 is 0.821 bits per heavy atom. The van der Waals surface area contributed by atoms with E-state index in [1.165, 1.54) is 11.1 Å². The van der Waals surface area contributed by atoms with Crippen molar-refractivity contribution >= 4 is 34.8 Å². The Kier molecular flexibility index (Phi) is 7.09. The van der Waals surface area contributed by atoms with Gasteiger partial charge in [0.15, 0.2) is 10.2 Å². The van der Waals surface area contributed by atoms with E-state index in [1.807, 2.05) is 78.9 Å². The first-order valence-electron chi connectivity index (χ1n) is 12.7. The van der Waals surface area contributed by atoms with Crippen molar-refractivity contribution < 1.29 is 9.15 Å². The highest BCUT2D eigenvalue weighted by Gasteiger charge is 2.42. The zero-order valence-corrected chi connectivity index (χ0v) is 23.2. The van der Waals surface area contributed by atoms with Gasteiger partial charge in [0.25, 0.3) is 0 Å². The molecule has 0 bridgehead atoms. The molecular weight excluding hydrogens is 523 g/mol. The molecule has 2 atom stereocenters. The summed E-state index contributed by atoms with van der Waals surface area (Å²) in [5.74, 6) is 2.37. The molecule has 194 valence electrons. The maximum Gasteiger partial charge on any atom is 0.174 e. The van der Waals surface area contributed by atoms with Gasteiger partial charge in [-0.05, 0) is 98.9 Å². The molecule has 0 spiro atoms. The number of anilines is 1. The Bertz CT molecular complexity index is 1570. The smallest absolute Gasteiger partial charge is 0.174 e. The number of aromatic nitrogens is 1. The van der Waals surface area contributed by atoms with Crippen LogP contribution in [-0.4, -0.2) is 10.1 Å². The second-order valence-electron chi connectivity index (χ2n) is 9.48. The normalized spacial score (nSPS) is 16.8. The molecule has 7 heteroatoms. The number of rotatable bonds is 7. The molecule has 1 saturated heterocycles. The number of ether oxygens (including phenoxy) is 1. The molecule has 5 aromatic rings. The number of hydrogen-bond acceptors (Lipinski definition) is 5. The van der Waals surface area contributed by atoms with Crippen LogP contribution in [0.25, 0.3) is 0 Å². The molecule has 1 aliphatic heterocycles. The summed E-state index contributed by atoms with van der Waals surface area (Å²) in [6.45, 7) is 4.15. The van der Waals surface area contributed by atoms with E-state index in [1.54, 1.807) is 18.0 Å². The summed E-state index contributed by atoms with van der Waals surface area (Å²) in [5.41, 5.74) is 4.26. The maximum atomic E-state index is 6.44. The molecule has 0 aliphatic carbocycles. The minimum atomic E-state index is -0.219. The summed E-state index contributed by atoms with van der Waals surface area (Å²) in [7, 11) is 0. The number of hydrogen-bond donors (Lipinski definition) is 1. The quantitative estimate of drug-likeness (QED) is 0.205. The second-order valence-corrected chi connectivity index (χ2v) is 10.9. The van der Waals surface area contributed by atoms with Crippen molar-refractivity contribution in [3.63, 3.8) is 0 Å². The van der Waals surface area contributed by atoms with Crippen molar-refractivity contribution in [3.8, 4) is 11.5 Å². The van der Waals surface area contributed by atoms with E-state index in [0.29, 0.717) is 5.11 Å². The van der Waals surface area contributed by atoms with Gasteiger partial charge in [-0.15, -0.1) is 0 Å². The first kappa shape index (κ1) is 25.2. The average molecular weight is 550 g/mol. The van der Waals surface area contributed by atoms with Crippen LogP contribution in [0.5, 0.6) is 11.5 Å². The van der Waals surface area contributed by atoms with Gasteiger partial charge in [-0.3, -0.25) is 4.98 Å². The lowest BCUT2D eigenvalue weighted by Gasteiger charge is -2.26. The first-order chi connectivity index (χ1) is 19.0. The molecule has 0 amide bonds. The first-order valence-corrected chi connectivity index (χ1v) is 14.0. The third kappa shape index (κ3) is 5.55. The highest BCUT2D eigenvalue weighted by atomic mass is 32.2. The molecule has 0 saturated carbocycles. The fraction of sp³-hybridized carbons (Fsp3) is 0.125. The predicted octanol–water partition coefficient (Wildman–Crippen LogP) is 8.41. The number of benzene rings is 3. The molecule has 0 radical (unpaired) electrons. The summed E-state index contributed by atoms with van der Waals surface area (Å²) in [6.07, 6.45) is 1.80. The molecule has 3 aromatic carbocycles. The van der Waals surface area contributed by atoms with Crippen LogP contribution in [0.4, 0.5) is 5.69 Å². The van der Waals surface area contributed by atoms with Crippen molar-refractivity contribution in [2.75, 3.05) is 4.90 Å². The standard InChI is InChI=1S/C32H27N3O2S2/c1-21-6-12-24(13-7-21)36-25-14-10-23(11-15-25)35-31(30(34-32(35)38)27-5-3-4-20-33-27)28-18-19-29(37-28)39-26-16-8-22(2)9-17-26/h3-20,30-31H,1-2H3,(H,34,38)/t30-,31+/m1/s1. The molecule has 3 heterocycles. The van der Waals surface area contributed by atoms with Crippen molar-refractivity contribution in [2.45, 2.75) is 35.9 Å². The zero-order chi connectivity index (χ0) is 26.8. The highest BCUT2D eigenvalue weighted by Crippen LogP contribution is 2.43. The number of thiocarbonyl (C=S) groups is 1. The van der Waals surface area contributed by atoms with Crippen LogP contribution in [0.1, 0.15) is 34.7 Å². The molecule has 0 unspecified atom stereocenters. The van der Waals surface area contributed by atoms with Gasteiger partial charge in [0.05, 0.1) is 11.7 Å². The van der Waals surface area contributed by atoms with E-state index >= 15 is 0 Å². The number of aryl methyl sites for hydroxylation is 2. The Labute approximate surface area is 237 Å². The van der Waals surface area contributed by atoms with Gasteiger partial charge in [0.1, 0.15) is 23.3 Å². The van der Waals surface area contributed by atoms with E-state index in [0.717, 1.165) is 38.6 Å². The van der Waals surface area contributed by atoms with Gasteiger partial charge in [0, 0.05) is 16.8 Å². The van der Waals surface area contributed by atoms with Gasteiger partial charge < -0.3 is 19.4 Å². The number of furan rings is 1. The Hall–Kier alpha value is -4.07. The maximum absolute atomic E-state index is 6.44. The van der Waals surface area contributed by atoms with E-state index in [9.17, 15) is 0 Å². The fourth-order valence-electron chi connectivity index (χ4n) is 4.61. The van der Waals surface area contributed by atoms with Crippen molar-refractivity contribution in [3.05, 3.63) is 132 Å². The molecule has 2 aromatic heterocycles. The van der Waals surface area contributed by atoms with E-state index in [4.69, 9.17) is 21.4 Å². The largest absolute Gasteiger partial charge is 0.457 e. The van der Waals surface area contributed by atoms with Crippen LogP contribution in [0.15, 0.2) is 124 Å². The Morgan fingerprint density at radius 2 is 1.49 bits per heavy atom. The van der Waals surface area contributed by atoms with Crippen LogP contribution in [0, 0.1) is 13.8 Å². The third-order valence-corrected chi connectivity index (χ3v) is 7.85. The molecule has 1 aliphatic rings. The SMILES string of the molecule is Cc1ccc(Oc2ccc(N3C(=S)N[C@H](c4ccccn4)[C@@H]3c3ccc(Sc4ccc(C)cc4)o3)cc2)cc1. The Balaban J connectivity index is 1.30. The molecule has 1 fully saturated rings. The van der Waals surface area contributed by atoms with Gasteiger partial charge in [-0.2, -0.15) is 0 Å². The molecular formula is C32H27N3O2S2. The van der Waals surface area contributed by atoms with Crippen molar-refractivity contribution in [1.29, 1.82) is 0 Å². The highest BCUT2D eigenvalue weighted by molar-refractivity contribution is 7.99. The molecule has 1 N–H and O–H groups in total. The van der Waals surface area contributed by atoms with Crippen molar-refractivity contribution in [2.24, 2.45) is 0 Å². The van der Waals surface area contributed by atoms with Crippen LogP contribution < -0.4 is 15.0 Å². The van der Waals surface area contributed by atoms with Gasteiger partial charge in [-0.1, -0.05) is 53.2 Å². The van der Waals surface area contributed by atoms with E-state index in [-0.39, 0.29) is 12.1 Å². The van der Waals surface area contributed by atoms with Crippen molar-refractivity contribution in [1.82, 2.24) is 10.3 Å². The lowest BCUT2D eigenvalue weighted by molar-refractivity contribution is 0.383. The second kappa shape index (κ2) is 11.0. The summed E-state index contributed by atoms with van der Waals surface area (Å²) < 4.78 is 12.5. The van der Waals surface area contributed by atoms with Gasteiger partial charge >= 0.3 is 0 Å². The van der Waals surface area contributed by atoms with E-state index in [2.05, 4.69) is 53.3 Å². The average Bonchev–Trinajstić information content (AvgIpc) is 3.56. The summed E-state index contributed by atoms with van der Waals surface area (Å²) in [6, 6.07) is 34.0. The number of nitrogens with zero attached hydrogens (tertiary/aromatic N) is 2. The zero-order valence-electron chi connectivity index (χ0n) is 21.6. The number of pyridine rings is 1.